The molecule has 1 N–H and O–H groups in total. The summed E-state index contributed by atoms with van der Waals surface area (Å²) in [5, 5.41) is 3.39. The maximum atomic E-state index is 13.9. The number of allylic oxidation sites excluding steroid dienone is 3. The van der Waals surface area contributed by atoms with E-state index in [9.17, 15) is 9.59 Å². The van der Waals surface area contributed by atoms with Crippen LogP contribution in [0.3, 0.4) is 0 Å². The van der Waals surface area contributed by atoms with Gasteiger partial charge in [0.15, 0.2) is 28.8 Å². The van der Waals surface area contributed by atoms with Gasteiger partial charge >= 0.3 is 5.97 Å². The van der Waals surface area contributed by atoms with Crippen molar-refractivity contribution < 1.29 is 33.3 Å². The standard InChI is InChI=1S/C31H37NO7/c1-7-13-39-31(34)28-18(3)32-22-14-21(19-9-11-24(35-4)26(16-19)36-5)15-23(33)30(22)29(28)20-10-12-25(38-8-2)27(17-20)37-6/h9-12,16-17,21,29,32H,7-8,13-15H2,1-6H3/t21-,29-/m0/s1. The molecule has 0 spiro atoms. The summed E-state index contributed by atoms with van der Waals surface area (Å²) >= 11 is 0. The van der Waals surface area contributed by atoms with Gasteiger partial charge in [0.1, 0.15) is 0 Å². The summed E-state index contributed by atoms with van der Waals surface area (Å²) in [5.41, 5.74) is 4.27. The zero-order chi connectivity index (χ0) is 28.1. The van der Waals surface area contributed by atoms with Crippen LogP contribution in [0, 0.1) is 0 Å². The predicted molar refractivity (Wildman–Crippen MR) is 148 cm³/mol. The molecule has 2 aromatic rings. The molecule has 2 atom stereocenters. The number of hydrogen-bond donors (Lipinski definition) is 1. The fraction of sp³-hybridized carbons (Fsp3) is 0.419. The molecular formula is C31H37NO7. The van der Waals surface area contributed by atoms with E-state index in [4.69, 9.17) is 23.7 Å². The van der Waals surface area contributed by atoms with Crippen LogP contribution in [-0.4, -0.2) is 46.3 Å². The Morgan fingerprint density at radius 2 is 1.54 bits per heavy atom. The number of ether oxygens (including phenoxy) is 5. The molecule has 2 aliphatic rings. The average Bonchev–Trinajstić information content (AvgIpc) is 2.94. The fourth-order valence-corrected chi connectivity index (χ4v) is 5.40. The van der Waals surface area contributed by atoms with Crippen LogP contribution in [0.2, 0.25) is 0 Å². The van der Waals surface area contributed by atoms with Gasteiger partial charge < -0.3 is 29.0 Å². The van der Waals surface area contributed by atoms with E-state index in [1.54, 1.807) is 21.3 Å². The first-order valence-electron chi connectivity index (χ1n) is 13.3. The van der Waals surface area contributed by atoms with Crippen molar-refractivity contribution in [1.82, 2.24) is 5.32 Å². The molecule has 0 aromatic heterocycles. The lowest BCUT2D eigenvalue weighted by Gasteiger charge is -2.37. The predicted octanol–water partition coefficient (Wildman–Crippen LogP) is 5.43. The van der Waals surface area contributed by atoms with Crippen molar-refractivity contribution in [2.75, 3.05) is 34.5 Å². The largest absolute Gasteiger partial charge is 0.493 e. The highest BCUT2D eigenvalue weighted by Crippen LogP contribution is 2.47. The lowest BCUT2D eigenvalue weighted by Crippen LogP contribution is -2.36. The van der Waals surface area contributed by atoms with Gasteiger partial charge in [0.25, 0.3) is 0 Å². The molecule has 1 aliphatic carbocycles. The van der Waals surface area contributed by atoms with Crippen molar-refractivity contribution in [3.05, 3.63) is 70.1 Å². The second-order valence-electron chi connectivity index (χ2n) is 9.61. The lowest BCUT2D eigenvalue weighted by molar-refractivity contribution is -0.139. The molecule has 8 heteroatoms. The van der Waals surface area contributed by atoms with Crippen molar-refractivity contribution in [3.8, 4) is 23.0 Å². The van der Waals surface area contributed by atoms with Crippen molar-refractivity contribution in [2.45, 2.75) is 51.9 Å². The van der Waals surface area contributed by atoms with Crippen LogP contribution < -0.4 is 24.3 Å². The van der Waals surface area contributed by atoms with Crippen LogP contribution >= 0.6 is 0 Å². The van der Waals surface area contributed by atoms with Gasteiger partial charge in [-0.05, 0) is 68.0 Å². The first-order valence-corrected chi connectivity index (χ1v) is 13.3. The third-order valence-electron chi connectivity index (χ3n) is 7.18. The van der Waals surface area contributed by atoms with E-state index in [-0.39, 0.29) is 11.7 Å². The SMILES string of the molecule is CCCOC(=O)C1=C(C)NC2=C(C(=O)C[C@@H](c3ccc(OC)c(OC)c3)C2)[C@H]1c1ccc(OCC)c(OC)c1. The Labute approximate surface area is 229 Å². The van der Waals surface area contributed by atoms with E-state index < -0.39 is 11.9 Å². The second-order valence-corrected chi connectivity index (χ2v) is 9.61. The Bertz CT molecular complexity index is 1310. The molecule has 0 radical (unpaired) electrons. The highest BCUT2D eigenvalue weighted by Gasteiger charge is 2.41. The zero-order valence-electron chi connectivity index (χ0n) is 23.5. The van der Waals surface area contributed by atoms with Crippen LogP contribution in [0.1, 0.15) is 63.0 Å². The van der Waals surface area contributed by atoms with E-state index in [1.165, 1.54) is 0 Å². The number of hydrogen-bond acceptors (Lipinski definition) is 8. The Balaban J connectivity index is 1.79. The summed E-state index contributed by atoms with van der Waals surface area (Å²) in [6.07, 6.45) is 1.61. The van der Waals surface area contributed by atoms with Gasteiger partial charge in [-0.2, -0.15) is 0 Å². The van der Waals surface area contributed by atoms with Crippen LogP contribution in [0.5, 0.6) is 23.0 Å². The lowest BCUT2D eigenvalue weighted by atomic mass is 9.71. The van der Waals surface area contributed by atoms with Gasteiger partial charge in [-0.15, -0.1) is 0 Å². The second kappa shape index (κ2) is 12.3. The molecule has 0 saturated heterocycles. The van der Waals surface area contributed by atoms with Gasteiger partial charge in [-0.3, -0.25) is 4.79 Å². The molecule has 0 fully saturated rings. The number of carbonyl (C=O) groups is 2. The van der Waals surface area contributed by atoms with E-state index in [1.807, 2.05) is 57.2 Å². The zero-order valence-corrected chi connectivity index (χ0v) is 23.5. The van der Waals surface area contributed by atoms with Crippen molar-refractivity contribution >= 4 is 11.8 Å². The molecule has 0 bridgehead atoms. The number of esters is 1. The van der Waals surface area contributed by atoms with Gasteiger partial charge in [-0.1, -0.05) is 19.1 Å². The number of nitrogens with one attached hydrogen (secondary N) is 1. The first-order chi connectivity index (χ1) is 18.9. The molecule has 0 unspecified atom stereocenters. The Hall–Kier alpha value is -3.94. The number of carbonyl (C=O) groups excluding carboxylic acids is 2. The highest BCUT2D eigenvalue weighted by molar-refractivity contribution is 6.04. The minimum atomic E-state index is -0.589. The summed E-state index contributed by atoms with van der Waals surface area (Å²) in [4.78, 5) is 27.2. The molecule has 0 saturated carbocycles. The third kappa shape index (κ3) is 5.60. The number of rotatable bonds is 10. The summed E-state index contributed by atoms with van der Waals surface area (Å²) in [7, 11) is 4.77. The van der Waals surface area contributed by atoms with Gasteiger partial charge in [0.05, 0.1) is 40.1 Å². The van der Waals surface area contributed by atoms with Crippen LogP contribution in [0.4, 0.5) is 0 Å². The van der Waals surface area contributed by atoms with Gasteiger partial charge in [0, 0.05) is 29.3 Å². The quantitative estimate of drug-likeness (QED) is 0.403. The molecule has 39 heavy (non-hydrogen) atoms. The molecule has 0 amide bonds. The number of dihydropyridines is 1. The van der Waals surface area contributed by atoms with E-state index in [0.29, 0.717) is 72.3 Å². The molecule has 2 aromatic carbocycles. The third-order valence-corrected chi connectivity index (χ3v) is 7.18. The monoisotopic (exact) mass is 535 g/mol. The molecule has 8 nitrogen and oxygen atoms in total. The van der Waals surface area contributed by atoms with Crippen LogP contribution in [0.15, 0.2) is 58.9 Å². The number of methoxy groups -OCH3 is 3. The maximum absolute atomic E-state index is 13.9. The van der Waals surface area contributed by atoms with E-state index in [2.05, 4.69) is 5.32 Å². The van der Waals surface area contributed by atoms with Crippen LogP contribution in [-0.2, 0) is 14.3 Å². The van der Waals surface area contributed by atoms with Crippen molar-refractivity contribution in [2.24, 2.45) is 0 Å². The highest BCUT2D eigenvalue weighted by atomic mass is 16.5. The van der Waals surface area contributed by atoms with E-state index >= 15 is 0 Å². The molecule has 208 valence electrons. The Morgan fingerprint density at radius 1 is 0.897 bits per heavy atom. The Morgan fingerprint density at radius 3 is 2.21 bits per heavy atom. The summed E-state index contributed by atoms with van der Waals surface area (Å²) in [5.74, 6) is 1.31. The molecule has 1 heterocycles. The van der Waals surface area contributed by atoms with Crippen LogP contribution in [0.25, 0.3) is 0 Å². The molecular weight excluding hydrogens is 498 g/mol. The van der Waals surface area contributed by atoms with Crippen molar-refractivity contribution in [1.29, 1.82) is 0 Å². The summed E-state index contributed by atoms with van der Waals surface area (Å²) in [6.45, 7) is 6.50. The molecule has 1 aliphatic heterocycles. The summed E-state index contributed by atoms with van der Waals surface area (Å²) in [6, 6.07) is 11.3. The van der Waals surface area contributed by atoms with E-state index in [0.717, 1.165) is 16.8 Å². The van der Waals surface area contributed by atoms with Gasteiger partial charge in [-0.25, -0.2) is 4.79 Å². The minimum absolute atomic E-state index is 0.0188. The van der Waals surface area contributed by atoms with Crippen molar-refractivity contribution in [3.63, 3.8) is 0 Å². The minimum Gasteiger partial charge on any atom is -0.493 e. The smallest absolute Gasteiger partial charge is 0.336 e. The number of ketones is 1. The summed E-state index contributed by atoms with van der Waals surface area (Å²) < 4.78 is 27.8. The number of benzene rings is 2. The average molecular weight is 536 g/mol. The number of Topliss-reactive ketones (excluding diaryl/α,β-unsaturated/α-hetero) is 1. The molecule has 4 rings (SSSR count). The Kier molecular flexibility index (Phi) is 8.84. The maximum Gasteiger partial charge on any atom is 0.336 e. The first kappa shape index (κ1) is 28.1. The topological polar surface area (TPSA) is 92.3 Å². The van der Waals surface area contributed by atoms with Gasteiger partial charge in [0.2, 0.25) is 0 Å². The normalized spacial score (nSPS) is 18.8. The fourth-order valence-electron chi connectivity index (χ4n) is 5.40.